The number of hydrogen-bond acceptors (Lipinski definition) is 6. The fourth-order valence-corrected chi connectivity index (χ4v) is 2.20. The minimum absolute atomic E-state index is 0.00194. The number of para-hydroxylation sites is 1. The molecule has 0 heterocycles. The van der Waals surface area contributed by atoms with Gasteiger partial charge in [0, 0.05) is 11.0 Å². The average molecular weight is 291 g/mol. The Morgan fingerprint density at radius 1 is 1.38 bits per heavy atom. The number of ether oxygens (including phenoxy) is 1. The van der Waals surface area contributed by atoms with Crippen LogP contribution in [0.1, 0.15) is 6.92 Å². The number of aliphatic hydroxyl groups is 1. The molecule has 2 unspecified atom stereocenters. The van der Waals surface area contributed by atoms with E-state index in [1.54, 1.807) is 24.3 Å². The summed E-state index contributed by atoms with van der Waals surface area (Å²) in [5.41, 5.74) is 2.57. The lowest BCUT2D eigenvalue weighted by Gasteiger charge is -2.40. The van der Waals surface area contributed by atoms with E-state index < -0.39 is 16.1 Å². The Kier molecular flexibility index (Phi) is 3.71. The van der Waals surface area contributed by atoms with Gasteiger partial charge in [-0.25, -0.2) is 0 Å². The van der Waals surface area contributed by atoms with E-state index in [-0.39, 0.29) is 11.5 Å². The first-order valence-electron chi connectivity index (χ1n) is 6.33. The summed E-state index contributed by atoms with van der Waals surface area (Å²) in [6, 6.07) is 8.68. The van der Waals surface area contributed by atoms with Gasteiger partial charge >= 0.3 is 5.66 Å². The van der Waals surface area contributed by atoms with Crippen molar-refractivity contribution in [3.63, 3.8) is 0 Å². The van der Waals surface area contributed by atoms with Gasteiger partial charge in [-0.15, -0.1) is 0 Å². The Morgan fingerprint density at radius 2 is 2.00 bits per heavy atom. The molecule has 21 heavy (non-hydrogen) atoms. The molecule has 0 radical (unpaired) electrons. The van der Waals surface area contributed by atoms with Crippen molar-refractivity contribution in [2.24, 2.45) is 5.73 Å². The number of nitro groups is 1. The van der Waals surface area contributed by atoms with Crippen LogP contribution in [-0.4, -0.2) is 28.3 Å². The molecule has 2 rings (SSSR count). The van der Waals surface area contributed by atoms with E-state index in [0.29, 0.717) is 5.75 Å². The summed E-state index contributed by atoms with van der Waals surface area (Å²) in [6.45, 7) is 1.51. The predicted octanol–water partition coefficient (Wildman–Crippen LogP) is 1.31. The molecular formula is C14H17N3O4. The summed E-state index contributed by atoms with van der Waals surface area (Å²) in [5.74, 6) is 0.234. The highest BCUT2D eigenvalue weighted by Crippen LogP contribution is 2.36. The van der Waals surface area contributed by atoms with E-state index in [4.69, 9.17) is 10.5 Å². The number of nitrogens with zero attached hydrogens (tertiary/aromatic N) is 1. The number of nitrogens with one attached hydrogen (secondary N) is 1. The molecule has 1 aromatic carbocycles. The largest absolute Gasteiger partial charge is 0.504 e. The Morgan fingerprint density at radius 3 is 2.52 bits per heavy atom. The lowest BCUT2D eigenvalue weighted by atomic mass is 9.80. The number of benzene rings is 1. The van der Waals surface area contributed by atoms with E-state index in [1.807, 2.05) is 6.07 Å². The first-order chi connectivity index (χ1) is 9.85. The van der Waals surface area contributed by atoms with Gasteiger partial charge in [-0.05, 0) is 32.2 Å². The van der Waals surface area contributed by atoms with E-state index in [0.717, 1.165) is 6.08 Å². The highest BCUT2D eigenvalue weighted by molar-refractivity contribution is 5.39. The maximum atomic E-state index is 11.4. The van der Waals surface area contributed by atoms with Crippen LogP contribution in [0.15, 0.2) is 54.0 Å². The molecule has 112 valence electrons. The lowest BCUT2D eigenvalue weighted by Crippen LogP contribution is -2.71. The average Bonchev–Trinajstić information content (AvgIpc) is 2.48. The topological polar surface area (TPSA) is 111 Å². The van der Waals surface area contributed by atoms with Crippen LogP contribution in [0, 0.1) is 10.1 Å². The first-order valence-corrected chi connectivity index (χ1v) is 6.33. The Bertz CT molecular complexity index is 614. The molecule has 1 aliphatic carbocycles. The fraction of sp³-hybridized carbons (Fsp3) is 0.286. The molecule has 7 nitrogen and oxygen atoms in total. The molecule has 0 aromatic heterocycles. The van der Waals surface area contributed by atoms with Gasteiger partial charge in [-0.2, -0.15) is 0 Å². The van der Waals surface area contributed by atoms with E-state index in [2.05, 4.69) is 5.32 Å². The zero-order valence-corrected chi connectivity index (χ0v) is 11.7. The number of likely N-dealkylation sites (N-methyl/N-ethyl adjacent to an activating group) is 1. The van der Waals surface area contributed by atoms with Crippen molar-refractivity contribution >= 4 is 0 Å². The van der Waals surface area contributed by atoms with Gasteiger partial charge in [0.15, 0.2) is 17.1 Å². The monoisotopic (exact) mass is 291 g/mol. The molecule has 7 heteroatoms. The van der Waals surface area contributed by atoms with E-state index in [9.17, 15) is 15.2 Å². The third-order valence-corrected chi connectivity index (χ3v) is 3.75. The van der Waals surface area contributed by atoms with Crippen molar-refractivity contribution in [2.75, 3.05) is 7.05 Å². The van der Waals surface area contributed by atoms with Crippen LogP contribution >= 0.6 is 0 Å². The number of nitrogens with two attached hydrogens (primary N) is 1. The molecule has 0 fully saturated rings. The van der Waals surface area contributed by atoms with Crippen LogP contribution in [0.5, 0.6) is 5.75 Å². The van der Waals surface area contributed by atoms with Crippen LogP contribution in [0.25, 0.3) is 0 Å². The third-order valence-electron chi connectivity index (χ3n) is 3.75. The number of aliphatic hydroxyl groups excluding tert-OH is 1. The van der Waals surface area contributed by atoms with Gasteiger partial charge in [0.25, 0.3) is 0 Å². The summed E-state index contributed by atoms with van der Waals surface area (Å²) in [7, 11) is 1.52. The molecule has 4 N–H and O–H groups in total. The third kappa shape index (κ3) is 2.26. The highest BCUT2D eigenvalue weighted by Gasteiger charge is 2.60. The molecule has 2 atom stereocenters. The second kappa shape index (κ2) is 5.19. The molecule has 1 aliphatic rings. The number of allylic oxidation sites excluding steroid dienone is 1. The Labute approximate surface area is 121 Å². The minimum atomic E-state index is -1.95. The Hall–Kier alpha value is -2.38. The summed E-state index contributed by atoms with van der Waals surface area (Å²) < 4.78 is 5.65. The summed E-state index contributed by atoms with van der Waals surface area (Å²) in [5, 5.41) is 24.2. The number of hydrogen-bond donors (Lipinski definition) is 3. The van der Waals surface area contributed by atoms with Gasteiger partial charge in [0.1, 0.15) is 5.75 Å². The first kappa shape index (κ1) is 15.0. The van der Waals surface area contributed by atoms with Gasteiger partial charge in [-0.1, -0.05) is 18.2 Å². The zero-order chi connectivity index (χ0) is 15.7. The Balaban J connectivity index is 2.51. The summed E-state index contributed by atoms with van der Waals surface area (Å²) >= 11 is 0. The summed E-state index contributed by atoms with van der Waals surface area (Å²) in [6.07, 6.45) is 2.33. The molecule has 0 aliphatic heterocycles. The van der Waals surface area contributed by atoms with Crippen LogP contribution in [0.4, 0.5) is 0 Å². The molecular weight excluding hydrogens is 274 g/mol. The van der Waals surface area contributed by atoms with Crippen molar-refractivity contribution in [3.8, 4) is 5.75 Å². The molecule has 0 saturated carbocycles. The molecule has 0 saturated heterocycles. The van der Waals surface area contributed by atoms with Crippen LogP contribution in [0.2, 0.25) is 0 Å². The van der Waals surface area contributed by atoms with Crippen molar-refractivity contribution in [3.05, 3.63) is 64.1 Å². The zero-order valence-electron chi connectivity index (χ0n) is 11.7. The van der Waals surface area contributed by atoms with Crippen molar-refractivity contribution in [1.82, 2.24) is 5.32 Å². The second-order valence-corrected chi connectivity index (χ2v) is 4.92. The van der Waals surface area contributed by atoms with Gasteiger partial charge < -0.3 is 15.2 Å². The summed E-state index contributed by atoms with van der Waals surface area (Å²) in [4.78, 5) is 10.8. The molecule has 1 aromatic rings. The SMILES string of the molecule is CNC1(C)C(Oc2ccccc2)=C(O)C=CC1(N)[N+](=O)[O-]. The van der Waals surface area contributed by atoms with Crippen LogP contribution in [0.3, 0.4) is 0 Å². The quantitative estimate of drug-likeness (QED) is 0.438. The van der Waals surface area contributed by atoms with E-state index in [1.165, 1.54) is 20.0 Å². The number of rotatable bonds is 4. The normalized spacial score (nSPS) is 28.5. The molecule has 0 bridgehead atoms. The van der Waals surface area contributed by atoms with Crippen molar-refractivity contribution < 1.29 is 14.8 Å². The van der Waals surface area contributed by atoms with Gasteiger partial charge in [-0.3, -0.25) is 15.8 Å². The minimum Gasteiger partial charge on any atom is -0.504 e. The lowest BCUT2D eigenvalue weighted by molar-refractivity contribution is -0.566. The maximum Gasteiger partial charge on any atom is 0.317 e. The van der Waals surface area contributed by atoms with Gasteiger partial charge in [0.05, 0.1) is 0 Å². The highest BCUT2D eigenvalue weighted by atomic mass is 16.6. The standard InChI is InChI=1S/C14H17N3O4/c1-13(16-2)12(21-10-6-4-3-5-7-10)11(18)8-9-14(13,15)17(19)20/h3-9,16,18H,15H2,1-2H3. The molecule has 0 amide bonds. The smallest absolute Gasteiger partial charge is 0.317 e. The fourth-order valence-electron chi connectivity index (χ4n) is 2.20. The second-order valence-electron chi connectivity index (χ2n) is 4.92. The molecule has 0 spiro atoms. The van der Waals surface area contributed by atoms with Crippen LogP contribution < -0.4 is 15.8 Å². The van der Waals surface area contributed by atoms with Gasteiger partial charge in [0.2, 0.25) is 0 Å². The van der Waals surface area contributed by atoms with E-state index >= 15 is 0 Å². The van der Waals surface area contributed by atoms with Crippen LogP contribution in [-0.2, 0) is 0 Å². The maximum absolute atomic E-state index is 11.4. The van der Waals surface area contributed by atoms with Crippen molar-refractivity contribution in [2.45, 2.75) is 18.1 Å². The predicted molar refractivity (Wildman–Crippen MR) is 77.2 cm³/mol. The van der Waals surface area contributed by atoms with Crippen molar-refractivity contribution in [1.29, 1.82) is 0 Å².